The van der Waals surface area contributed by atoms with Crippen LogP contribution >= 0.6 is 0 Å². The van der Waals surface area contributed by atoms with E-state index >= 15 is 0 Å². The molecule has 7 nitrogen and oxygen atoms in total. The van der Waals surface area contributed by atoms with E-state index in [1.54, 1.807) is 0 Å². The van der Waals surface area contributed by atoms with Gasteiger partial charge in [-0.15, -0.1) is 0 Å². The first-order chi connectivity index (χ1) is 9.38. The van der Waals surface area contributed by atoms with Gasteiger partial charge in [0, 0.05) is 12.1 Å². The molecular weight excluding hydrogens is 262 g/mol. The van der Waals surface area contributed by atoms with Gasteiger partial charge in [0.05, 0.1) is 12.5 Å². The molecule has 20 heavy (non-hydrogen) atoms. The molecule has 1 saturated carbocycles. The molecule has 0 aliphatic heterocycles. The Kier molecular flexibility index (Phi) is 6.44. The van der Waals surface area contributed by atoms with E-state index in [4.69, 9.17) is 5.11 Å². The number of amides is 3. The van der Waals surface area contributed by atoms with E-state index in [9.17, 15) is 14.4 Å². The zero-order valence-electron chi connectivity index (χ0n) is 11.9. The summed E-state index contributed by atoms with van der Waals surface area (Å²) < 4.78 is 0. The van der Waals surface area contributed by atoms with Crippen LogP contribution in [0.4, 0.5) is 4.79 Å². The molecular formula is C13H23N3O4. The molecule has 0 unspecified atom stereocenters. The third-order valence-electron chi connectivity index (χ3n) is 3.30. The van der Waals surface area contributed by atoms with Crippen molar-refractivity contribution in [3.63, 3.8) is 0 Å². The van der Waals surface area contributed by atoms with Gasteiger partial charge < -0.3 is 15.7 Å². The predicted octanol–water partition coefficient (Wildman–Crippen LogP) is 0.454. The third-order valence-corrected chi connectivity index (χ3v) is 3.30. The second kappa shape index (κ2) is 7.84. The van der Waals surface area contributed by atoms with Crippen LogP contribution in [0.2, 0.25) is 0 Å². The second-order valence-electron chi connectivity index (χ2n) is 5.44. The number of carboxylic acids is 1. The van der Waals surface area contributed by atoms with Gasteiger partial charge in [-0.1, -0.05) is 0 Å². The van der Waals surface area contributed by atoms with E-state index in [1.165, 1.54) is 0 Å². The highest BCUT2D eigenvalue weighted by Crippen LogP contribution is 2.24. The third kappa shape index (κ3) is 6.01. The average molecular weight is 285 g/mol. The number of hydrogen-bond donors (Lipinski definition) is 4. The lowest BCUT2D eigenvalue weighted by molar-refractivity contribution is -0.143. The number of carbonyl (C=O) groups is 3. The van der Waals surface area contributed by atoms with E-state index in [1.807, 2.05) is 13.8 Å². The minimum absolute atomic E-state index is 0.0259. The van der Waals surface area contributed by atoms with Gasteiger partial charge in [-0.2, -0.15) is 0 Å². The van der Waals surface area contributed by atoms with Crippen LogP contribution in [0.3, 0.4) is 0 Å². The quantitative estimate of drug-likeness (QED) is 0.587. The summed E-state index contributed by atoms with van der Waals surface area (Å²) in [4.78, 5) is 33.6. The SMILES string of the molecule is CC(C)NC(=O)NC(=O)CNC1CCC(C(=O)O)CC1. The number of hydrogen-bond acceptors (Lipinski definition) is 4. The van der Waals surface area contributed by atoms with Gasteiger partial charge in [0.25, 0.3) is 0 Å². The maximum absolute atomic E-state index is 11.5. The maximum atomic E-state index is 11.5. The topological polar surface area (TPSA) is 108 Å². The van der Waals surface area contributed by atoms with Gasteiger partial charge in [0.1, 0.15) is 0 Å². The Balaban J connectivity index is 2.19. The van der Waals surface area contributed by atoms with Crippen LogP contribution < -0.4 is 16.0 Å². The molecule has 0 bridgehead atoms. The summed E-state index contributed by atoms with van der Waals surface area (Å²) in [7, 11) is 0. The first kappa shape index (κ1) is 16.4. The predicted molar refractivity (Wildman–Crippen MR) is 73.2 cm³/mol. The highest BCUT2D eigenvalue weighted by molar-refractivity contribution is 5.95. The first-order valence-electron chi connectivity index (χ1n) is 6.95. The lowest BCUT2D eigenvalue weighted by Crippen LogP contribution is -2.47. The molecule has 114 valence electrons. The summed E-state index contributed by atoms with van der Waals surface area (Å²) in [6.07, 6.45) is 2.73. The van der Waals surface area contributed by atoms with Crippen molar-refractivity contribution >= 4 is 17.9 Å². The van der Waals surface area contributed by atoms with Crippen LogP contribution in [0.15, 0.2) is 0 Å². The molecule has 1 aliphatic carbocycles. The van der Waals surface area contributed by atoms with E-state index in [2.05, 4.69) is 16.0 Å². The lowest BCUT2D eigenvalue weighted by Gasteiger charge is -2.26. The Morgan fingerprint density at radius 3 is 2.25 bits per heavy atom. The van der Waals surface area contributed by atoms with Gasteiger partial charge >= 0.3 is 12.0 Å². The summed E-state index contributed by atoms with van der Waals surface area (Å²) in [5.41, 5.74) is 0. The van der Waals surface area contributed by atoms with E-state index in [-0.39, 0.29) is 30.5 Å². The van der Waals surface area contributed by atoms with Crippen LogP contribution in [0.5, 0.6) is 0 Å². The maximum Gasteiger partial charge on any atom is 0.321 e. The van der Waals surface area contributed by atoms with Crippen molar-refractivity contribution in [2.24, 2.45) is 5.92 Å². The number of nitrogens with one attached hydrogen (secondary N) is 3. The molecule has 1 rings (SSSR count). The van der Waals surface area contributed by atoms with Crippen molar-refractivity contribution in [3.8, 4) is 0 Å². The number of imide groups is 1. The van der Waals surface area contributed by atoms with Gasteiger partial charge in [-0.05, 0) is 39.5 Å². The number of rotatable bonds is 5. The summed E-state index contributed by atoms with van der Waals surface area (Å²) in [5.74, 6) is -1.39. The fourth-order valence-electron chi connectivity index (χ4n) is 2.25. The van der Waals surface area contributed by atoms with Crippen molar-refractivity contribution in [2.45, 2.75) is 51.6 Å². The van der Waals surface area contributed by atoms with Crippen molar-refractivity contribution in [1.82, 2.24) is 16.0 Å². The Hall–Kier alpha value is -1.63. The summed E-state index contributed by atoms with van der Waals surface area (Å²) >= 11 is 0. The van der Waals surface area contributed by atoms with Crippen molar-refractivity contribution < 1.29 is 19.5 Å². The second-order valence-corrected chi connectivity index (χ2v) is 5.44. The summed E-state index contributed by atoms with van der Waals surface area (Å²) in [5, 5.41) is 16.7. The summed E-state index contributed by atoms with van der Waals surface area (Å²) in [6.45, 7) is 3.68. The number of carbonyl (C=O) groups excluding carboxylic acids is 2. The molecule has 3 amide bonds. The Bertz CT molecular complexity index is 363. The zero-order chi connectivity index (χ0) is 15.1. The molecule has 0 aromatic heterocycles. The molecule has 0 saturated heterocycles. The fourth-order valence-corrected chi connectivity index (χ4v) is 2.25. The zero-order valence-corrected chi connectivity index (χ0v) is 11.9. The number of carboxylic acid groups (broad SMARTS) is 1. The van der Waals surface area contributed by atoms with Gasteiger partial charge in [-0.25, -0.2) is 4.79 Å². The Morgan fingerprint density at radius 2 is 1.75 bits per heavy atom. The molecule has 0 radical (unpaired) electrons. The highest BCUT2D eigenvalue weighted by atomic mass is 16.4. The minimum Gasteiger partial charge on any atom is -0.481 e. The minimum atomic E-state index is -0.744. The van der Waals surface area contributed by atoms with Crippen LogP contribution in [-0.4, -0.2) is 41.6 Å². The molecule has 0 aromatic rings. The van der Waals surface area contributed by atoms with Crippen LogP contribution in [-0.2, 0) is 9.59 Å². The standard InChI is InChI=1S/C13H23N3O4/c1-8(2)15-13(20)16-11(17)7-14-10-5-3-9(4-6-10)12(18)19/h8-10,14H,3-7H2,1-2H3,(H,18,19)(H2,15,16,17,20). The van der Waals surface area contributed by atoms with Crippen LogP contribution in [0.25, 0.3) is 0 Å². The average Bonchev–Trinajstić information content (AvgIpc) is 2.35. The Labute approximate surface area is 118 Å². The largest absolute Gasteiger partial charge is 0.481 e. The molecule has 0 aromatic carbocycles. The molecule has 0 atom stereocenters. The lowest BCUT2D eigenvalue weighted by atomic mass is 9.86. The Morgan fingerprint density at radius 1 is 1.15 bits per heavy atom. The van der Waals surface area contributed by atoms with E-state index in [0.29, 0.717) is 12.8 Å². The van der Waals surface area contributed by atoms with Crippen molar-refractivity contribution in [2.75, 3.05) is 6.54 Å². The molecule has 0 heterocycles. The highest BCUT2D eigenvalue weighted by Gasteiger charge is 2.25. The fraction of sp³-hybridized carbons (Fsp3) is 0.769. The van der Waals surface area contributed by atoms with Crippen molar-refractivity contribution in [3.05, 3.63) is 0 Å². The van der Waals surface area contributed by atoms with E-state index < -0.39 is 12.0 Å². The first-order valence-corrected chi connectivity index (χ1v) is 6.95. The van der Waals surface area contributed by atoms with Gasteiger partial charge in [-0.3, -0.25) is 14.9 Å². The monoisotopic (exact) mass is 285 g/mol. The van der Waals surface area contributed by atoms with Gasteiger partial charge in [0.15, 0.2) is 0 Å². The molecule has 0 spiro atoms. The summed E-state index contributed by atoms with van der Waals surface area (Å²) in [6, 6.07) is -0.382. The van der Waals surface area contributed by atoms with E-state index in [0.717, 1.165) is 12.8 Å². The molecule has 7 heteroatoms. The molecule has 1 aliphatic rings. The van der Waals surface area contributed by atoms with Crippen molar-refractivity contribution in [1.29, 1.82) is 0 Å². The smallest absolute Gasteiger partial charge is 0.321 e. The molecule has 1 fully saturated rings. The van der Waals surface area contributed by atoms with Crippen LogP contribution in [0, 0.1) is 5.92 Å². The van der Waals surface area contributed by atoms with Crippen LogP contribution in [0.1, 0.15) is 39.5 Å². The molecule has 4 N–H and O–H groups in total. The normalized spacial score (nSPS) is 22.4. The van der Waals surface area contributed by atoms with Gasteiger partial charge in [0.2, 0.25) is 5.91 Å². The number of urea groups is 1. The number of aliphatic carboxylic acids is 1.